The topological polar surface area (TPSA) is 117 Å². The number of nitrogens with zero attached hydrogens (tertiary/aromatic N) is 1. The Morgan fingerprint density at radius 3 is 2.52 bits per heavy atom. The highest BCUT2D eigenvalue weighted by atomic mass is 16.2. The first-order valence-electron chi connectivity index (χ1n) is 6.52. The van der Waals surface area contributed by atoms with E-state index in [1.54, 1.807) is 29.2 Å². The SMILES string of the molecule is NCC(=O)NCC(=O)Nc1ccc(N2CCNC2=O)cc1. The summed E-state index contributed by atoms with van der Waals surface area (Å²) < 4.78 is 0. The molecule has 0 radical (unpaired) electrons. The van der Waals surface area contributed by atoms with Crippen LogP contribution in [0.15, 0.2) is 24.3 Å². The zero-order valence-corrected chi connectivity index (χ0v) is 11.4. The van der Waals surface area contributed by atoms with E-state index in [0.717, 1.165) is 5.69 Å². The Kier molecular flexibility index (Phi) is 4.72. The summed E-state index contributed by atoms with van der Waals surface area (Å²) >= 11 is 0. The number of urea groups is 1. The molecule has 112 valence electrons. The van der Waals surface area contributed by atoms with E-state index in [9.17, 15) is 14.4 Å². The van der Waals surface area contributed by atoms with Crippen LogP contribution >= 0.6 is 0 Å². The highest BCUT2D eigenvalue weighted by molar-refractivity contribution is 5.96. The number of anilines is 2. The quantitative estimate of drug-likeness (QED) is 0.570. The van der Waals surface area contributed by atoms with Gasteiger partial charge in [0.2, 0.25) is 11.8 Å². The summed E-state index contributed by atoms with van der Waals surface area (Å²) in [5.41, 5.74) is 6.47. The predicted octanol–water partition coefficient (Wildman–Crippen LogP) is -0.770. The number of hydrogen-bond donors (Lipinski definition) is 4. The first-order valence-corrected chi connectivity index (χ1v) is 6.52. The summed E-state index contributed by atoms with van der Waals surface area (Å²) in [6.07, 6.45) is 0. The lowest BCUT2D eigenvalue weighted by Crippen LogP contribution is -2.36. The van der Waals surface area contributed by atoms with Gasteiger partial charge in [-0.3, -0.25) is 14.5 Å². The molecule has 0 bridgehead atoms. The van der Waals surface area contributed by atoms with Gasteiger partial charge in [0, 0.05) is 24.5 Å². The van der Waals surface area contributed by atoms with Gasteiger partial charge < -0.3 is 21.7 Å². The standard InChI is InChI=1S/C13H17N5O3/c14-7-11(19)16-8-12(20)17-9-1-3-10(4-2-9)18-6-5-15-13(18)21/h1-4H,5-8,14H2,(H,15,21)(H,16,19)(H,17,20). The first kappa shape index (κ1) is 14.8. The van der Waals surface area contributed by atoms with E-state index in [1.165, 1.54) is 0 Å². The second kappa shape index (κ2) is 6.71. The molecular formula is C13H17N5O3. The monoisotopic (exact) mass is 291 g/mol. The molecule has 0 unspecified atom stereocenters. The van der Waals surface area contributed by atoms with Crippen LogP contribution in [-0.2, 0) is 9.59 Å². The van der Waals surface area contributed by atoms with Crippen LogP contribution in [0.1, 0.15) is 0 Å². The molecule has 1 aromatic carbocycles. The number of carbonyl (C=O) groups is 3. The van der Waals surface area contributed by atoms with Crippen molar-refractivity contribution >= 4 is 29.2 Å². The second-order valence-corrected chi connectivity index (χ2v) is 4.46. The van der Waals surface area contributed by atoms with Crippen molar-refractivity contribution in [2.45, 2.75) is 0 Å². The Hall–Kier alpha value is -2.61. The molecule has 4 amide bonds. The third kappa shape index (κ3) is 3.93. The van der Waals surface area contributed by atoms with E-state index < -0.39 is 0 Å². The van der Waals surface area contributed by atoms with Crippen molar-refractivity contribution in [2.24, 2.45) is 5.73 Å². The van der Waals surface area contributed by atoms with Crippen molar-refractivity contribution in [2.75, 3.05) is 36.4 Å². The molecule has 5 N–H and O–H groups in total. The third-order valence-electron chi connectivity index (χ3n) is 2.95. The Morgan fingerprint density at radius 2 is 1.95 bits per heavy atom. The fourth-order valence-corrected chi connectivity index (χ4v) is 1.90. The molecular weight excluding hydrogens is 274 g/mol. The van der Waals surface area contributed by atoms with Crippen LogP contribution in [0.25, 0.3) is 0 Å². The van der Waals surface area contributed by atoms with E-state index in [0.29, 0.717) is 18.8 Å². The van der Waals surface area contributed by atoms with Crippen LogP contribution < -0.4 is 26.6 Å². The van der Waals surface area contributed by atoms with Gasteiger partial charge in [0.1, 0.15) is 0 Å². The number of nitrogens with two attached hydrogens (primary N) is 1. The van der Waals surface area contributed by atoms with Gasteiger partial charge in [-0.2, -0.15) is 0 Å². The fourth-order valence-electron chi connectivity index (χ4n) is 1.90. The Balaban J connectivity index is 1.89. The number of rotatable bonds is 5. The molecule has 21 heavy (non-hydrogen) atoms. The normalized spacial score (nSPS) is 13.8. The minimum absolute atomic E-state index is 0.128. The lowest BCUT2D eigenvalue weighted by molar-refractivity contribution is -0.123. The molecule has 0 aromatic heterocycles. The van der Waals surface area contributed by atoms with Gasteiger partial charge in [-0.05, 0) is 24.3 Å². The van der Waals surface area contributed by atoms with Crippen molar-refractivity contribution in [1.29, 1.82) is 0 Å². The van der Waals surface area contributed by atoms with Gasteiger partial charge in [-0.25, -0.2) is 4.79 Å². The molecule has 1 fully saturated rings. The predicted molar refractivity (Wildman–Crippen MR) is 77.9 cm³/mol. The van der Waals surface area contributed by atoms with Crippen LogP contribution in [0.3, 0.4) is 0 Å². The Morgan fingerprint density at radius 1 is 1.24 bits per heavy atom. The Bertz CT molecular complexity index is 543. The lowest BCUT2D eigenvalue weighted by Gasteiger charge is -2.14. The number of nitrogens with one attached hydrogen (secondary N) is 3. The van der Waals surface area contributed by atoms with E-state index >= 15 is 0 Å². The smallest absolute Gasteiger partial charge is 0.321 e. The molecule has 0 saturated carbocycles. The zero-order valence-electron chi connectivity index (χ0n) is 11.4. The average molecular weight is 291 g/mol. The fraction of sp³-hybridized carbons (Fsp3) is 0.308. The molecule has 1 saturated heterocycles. The maximum atomic E-state index is 11.6. The molecule has 1 aromatic rings. The van der Waals surface area contributed by atoms with Crippen LogP contribution in [0.5, 0.6) is 0 Å². The van der Waals surface area contributed by atoms with Crippen LogP contribution in [-0.4, -0.2) is 44.0 Å². The third-order valence-corrected chi connectivity index (χ3v) is 2.95. The van der Waals surface area contributed by atoms with E-state index in [-0.39, 0.29) is 30.9 Å². The lowest BCUT2D eigenvalue weighted by atomic mass is 10.2. The minimum atomic E-state index is -0.388. The summed E-state index contributed by atoms with van der Waals surface area (Å²) in [5.74, 6) is -0.732. The maximum absolute atomic E-state index is 11.6. The molecule has 2 rings (SSSR count). The van der Waals surface area contributed by atoms with E-state index in [2.05, 4.69) is 16.0 Å². The van der Waals surface area contributed by atoms with Gasteiger partial charge in [-0.1, -0.05) is 0 Å². The first-order chi connectivity index (χ1) is 10.1. The molecule has 0 aliphatic carbocycles. The van der Waals surface area contributed by atoms with E-state index in [1.807, 2.05) is 0 Å². The summed E-state index contributed by atoms with van der Waals surface area (Å²) in [7, 11) is 0. The van der Waals surface area contributed by atoms with Gasteiger partial charge in [0.05, 0.1) is 13.1 Å². The summed E-state index contributed by atoms with van der Waals surface area (Å²) in [5, 5.41) is 7.73. The molecule has 8 nitrogen and oxygen atoms in total. The molecule has 8 heteroatoms. The largest absolute Gasteiger partial charge is 0.346 e. The number of benzene rings is 1. The van der Waals surface area contributed by atoms with Gasteiger partial charge in [0.15, 0.2) is 0 Å². The van der Waals surface area contributed by atoms with Gasteiger partial charge in [0.25, 0.3) is 0 Å². The molecule has 1 aliphatic rings. The van der Waals surface area contributed by atoms with Crippen LogP contribution in [0.2, 0.25) is 0 Å². The summed E-state index contributed by atoms with van der Waals surface area (Å²) in [6.45, 7) is 0.958. The number of carbonyl (C=O) groups excluding carboxylic acids is 3. The Labute approximate surface area is 121 Å². The van der Waals surface area contributed by atoms with E-state index in [4.69, 9.17) is 5.73 Å². The zero-order chi connectivity index (χ0) is 15.2. The average Bonchev–Trinajstić information content (AvgIpc) is 2.91. The highest BCUT2D eigenvalue weighted by Crippen LogP contribution is 2.19. The van der Waals surface area contributed by atoms with Crippen molar-refractivity contribution in [1.82, 2.24) is 10.6 Å². The molecule has 0 spiro atoms. The van der Waals surface area contributed by atoms with Crippen molar-refractivity contribution < 1.29 is 14.4 Å². The maximum Gasteiger partial charge on any atom is 0.321 e. The van der Waals surface area contributed by atoms with Gasteiger partial charge >= 0.3 is 6.03 Å². The number of hydrogen-bond acceptors (Lipinski definition) is 4. The van der Waals surface area contributed by atoms with Crippen molar-refractivity contribution in [3.05, 3.63) is 24.3 Å². The molecule has 1 heterocycles. The minimum Gasteiger partial charge on any atom is -0.346 e. The van der Waals surface area contributed by atoms with Crippen molar-refractivity contribution in [3.8, 4) is 0 Å². The van der Waals surface area contributed by atoms with Crippen LogP contribution in [0, 0.1) is 0 Å². The highest BCUT2D eigenvalue weighted by Gasteiger charge is 2.20. The molecule has 1 aliphatic heterocycles. The number of amides is 4. The second-order valence-electron chi connectivity index (χ2n) is 4.46. The summed E-state index contributed by atoms with van der Waals surface area (Å²) in [6, 6.07) is 6.77. The van der Waals surface area contributed by atoms with Crippen LogP contribution in [0.4, 0.5) is 16.2 Å². The molecule has 0 atom stereocenters. The van der Waals surface area contributed by atoms with Crippen molar-refractivity contribution in [3.63, 3.8) is 0 Å². The summed E-state index contributed by atoms with van der Waals surface area (Å²) in [4.78, 5) is 35.6. The van der Waals surface area contributed by atoms with Gasteiger partial charge in [-0.15, -0.1) is 0 Å².